The van der Waals surface area contributed by atoms with Crippen LogP contribution in [0.3, 0.4) is 0 Å². The van der Waals surface area contributed by atoms with Crippen LogP contribution in [0.25, 0.3) is 0 Å². The van der Waals surface area contributed by atoms with Crippen LogP contribution in [0.15, 0.2) is 24.3 Å². The Morgan fingerprint density at radius 3 is 2.31 bits per heavy atom. The molecule has 1 N–H and O–H groups in total. The summed E-state index contributed by atoms with van der Waals surface area (Å²) < 4.78 is 5.39. The lowest BCUT2D eigenvalue weighted by Crippen LogP contribution is -2.25. The molecule has 26 heavy (non-hydrogen) atoms. The van der Waals surface area contributed by atoms with Crippen molar-refractivity contribution in [1.29, 1.82) is 0 Å². The summed E-state index contributed by atoms with van der Waals surface area (Å²) in [6.07, 6.45) is -0.0263. The zero-order chi connectivity index (χ0) is 19.4. The van der Waals surface area contributed by atoms with E-state index < -0.39 is 12.1 Å². The van der Waals surface area contributed by atoms with E-state index in [0.717, 1.165) is 22.4 Å². The number of carbonyl (C=O) groups is 3. The number of hydrogen-bond acceptors (Lipinski definition) is 5. The summed E-state index contributed by atoms with van der Waals surface area (Å²) >= 11 is 1.32. The summed E-state index contributed by atoms with van der Waals surface area (Å²) in [4.78, 5) is 37.4. The number of nitrogens with one attached hydrogen (secondary N) is 1. The zero-order valence-electron chi connectivity index (χ0n) is 15.6. The van der Waals surface area contributed by atoms with E-state index in [1.165, 1.54) is 18.3 Å². The number of esters is 1. The Morgan fingerprint density at radius 2 is 1.77 bits per heavy atom. The molecule has 1 heterocycles. The molecule has 0 radical (unpaired) electrons. The van der Waals surface area contributed by atoms with Gasteiger partial charge in [-0.3, -0.25) is 9.59 Å². The van der Waals surface area contributed by atoms with Gasteiger partial charge in [-0.25, -0.2) is 4.79 Å². The minimum atomic E-state index is -0.917. The molecule has 2 rings (SSSR count). The Kier molecular flexibility index (Phi) is 6.32. The molecule has 1 aromatic carbocycles. The molecule has 1 unspecified atom stereocenters. The third-order valence-electron chi connectivity index (χ3n) is 4.18. The number of benzene rings is 1. The summed E-state index contributed by atoms with van der Waals surface area (Å²) in [6.45, 7) is 8.64. The number of carbonyl (C=O) groups excluding carboxylic acids is 3. The second-order valence-corrected chi connectivity index (χ2v) is 7.36. The van der Waals surface area contributed by atoms with Crippen molar-refractivity contribution in [2.24, 2.45) is 0 Å². The quantitative estimate of drug-likeness (QED) is 0.605. The van der Waals surface area contributed by atoms with E-state index >= 15 is 0 Å². The number of amides is 1. The van der Waals surface area contributed by atoms with Gasteiger partial charge in [0.15, 0.2) is 6.10 Å². The normalized spacial score (nSPS) is 11.7. The van der Waals surface area contributed by atoms with Gasteiger partial charge in [0.05, 0.1) is 5.56 Å². The third-order valence-corrected chi connectivity index (χ3v) is 5.30. The van der Waals surface area contributed by atoms with E-state index in [4.69, 9.17) is 4.74 Å². The minimum Gasteiger partial charge on any atom is -0.451 e. The number of anilines is 1. The van der Waals surface area contributed by atoms with Crippen molar-refractivity contribution in [3.05, 3.63) is 51.4 Å². The minimum absolute atomic E-state index is 0.258. The molecule has 1 amide bonds. The summed E-state index contributed by atoms with van der Waals surface area (Å²) in [5.41, 5.74) is 2.69. The predicted molar refractivity (Wildman–Crippen MR) is 103 cm³/mol. The molecule has 0 saturated carbocycles. The predicted octanol–water partition coefficient (Wildman–Crippen LogP) is 4.31. The maximum Gasteiger partial charge on any atom is 0.342 e. The van der Waals surface area contributed by atoms with Crippen LogP contribution in [0.5, 0.6) is 0 Å². The SMILES string of the molecule is CCc1ccc(C(=O)C(C)OC(=O)c2c(NC(C)=O)sc(C)c2C)cc1. The van der Waals surface area contributed by atoms with Gasteiger partial charge in [-0.05, 0) is 38.3 Å². The fourth-order valence-electron chi connectivity index (χ4n) is 2.53. The van der Waals surface area contributed by atoms with E-state index in [-0.39, 0.29) is 11.7 Å². The number of Topliss-reactive ketones (excluding diaryl/α,β-unsaturated/α-hetero) is 1. The second-order valence-electron chi connectivity index (χ2n) is 6.13. The number of ether oxygens (including phenoxy) is 1. The molecule has 0 spiro atoms. The summed E-state index contributed by atoms with van der Waals surface area (Å²) in [5.74, 6) is -1.13. The Balaban J connectivity index is 2.18. The molecule has 6 heteroatoms. The van der Waals surface area contributed by atoms with Crippen molar-refractivity contribution in [2.75, 3.05) is 5.32 Å². The van der Waals surface area contributed by atoms with Crippen LogP contribution in [-0.2, 0) is 16.0 Å². The van der Waals surface area contributed by atoms with Crippen LogP contribution in [0.2, 0.25) is 0 Å². The lowest BCUT2D eigenvalue weighted by atomic mass is 10.0. The Morgan fingerprint density at radius 1 is 1.15 bits per heavy atom. The first-order valence-electron chi connectivity index (χ1n) is 8.46. The number of thiophene rings is 1. The van der Waals surface area contributed by atoms with Gasteiger partial charge in [0.1, 0.15) is 5.00 Å². The molecular formula is C20H23NO4S. The Hall–Kier alpha value is -2.47. The van der Waals surface area contributed by atoms with Crippen LogP contribution < -0.4 is 5.32 Å². The zero-order valence-corrected chi connectivity index (χ0v) is 16.5. The van der Waals surface area contributed by atoms with E-state index in [0.29, 0.717) is 16.1 Å². The maximum absolute atomic E-state index is 12.6. The highest BCUT2D eigenvalue weighted by atomic mass is 32.1. The van der Waals surface area contributed by atoms with Gasteiger partial charge < -0.3 is 10.1 Å². The van der Waals surface area contributed by atoms with Crippen LogP contribution in [-0.4, -0.2) is 23.8 Å². The summed E-state index contributed by atoms with van der Waals surface area (Å²) in [7, 11) is 0. The lowest BCUT2D eigenvalue weighted by Gasteiger charge is -2.13. The number of rotatable bonds is 6. The largest absolute Gasteiger partial charge is 0.451 e. The smallest absolute Gasteiger partial charge is 0.342 e. The summed E-state index contributed by atoms with van der Waals surface area (Å²) in [5, 5.41) is 3.11. The van der Waals surface area contributed by atoms with E-state index in [1.807, 2.05) is 26.0 Å². The van der Waals surface area contributed by atoms with Gasteiger partial charge in [0, 0.05) is 17.4 Å². The number of aryl methyl sites for hydroxylation is 2. The average molecular weight is 373 g/mol. The van der Waals surface area contributed by atoms with Crippen molar-refractivity contribution in [3.8, 4) is 0 Å². The highest BCUT2D eigenvalue weighted by molar-refractivity contribution is 7.16. The van der Waals surface area contributed by atoms with Crippen molar-refractivity contribution in [1.82, 2.24) is 0 Å². The molecule has 0 saturated heterocycles. The van der Waals surface area contributed by atoms with Gasteiger partial charge in [0.2, 0.25) is 11.7 Å². The van der Waals surface area contributed by atoms with Crippen LogP contribution in [0.1, 0.15) is 57.5 Å². The van der Waals surface area contributed by atoms with Gasteiger partial charge >= 0.3 is 5.97 Å². The van der Waals surface area contributed by atoms with Gasteiger partial charge in [0.25, 0.3) is 0 Å². The van der Waals surface area contributed by atoms with Crippen molar-refractivity contribution >= 4 is 34.0 Å². The van der Waals surface area contributed by atoms with Crippen molar-refractivity contribution in [2.45, 2.75) is 47.1 Å². The first-order chi connectivity index (χ1) is 12.2. The number of hydrogen-bond donors (Lipinski definition) is 1. The third kappa shape index (κ3) is 4.38. The molecule has 2 aromatic rings. The Bertz CT molecular complexity index is 836. The lowest BCUT2D eigenvalue weighted by molar-refractivity contribution is -0.114. The first kappa shape index (κ1) is 19.8. The molecule has 0 aliphatic rings. The van der Waals surface area contributed by atoms with Gasteiger partial charge in [-0.15, -0.1) is 11.3 Å². The molecule has 0 fully saturated rings. The molecule has 1 aromatic heterocycles. The van der Waals surface area contributed by atoms with Gasteiger partial charge in [-0.1, -0.05) is 31.2 Å². The molecule has 0 bridgehead atoms. The first-order valence-corrected chi connectivity index (χ1v) is 9.27. The monoisotopic (exact) mass is 373 g/mol. The average Bonchev–Trinajstić information content (AvgIpc) is 2.87. The molecule has 1 atom stereocenters. The maximum atomic E-state index is 12.6. The number of ketones is 1. The topological polar surface area (TPSA) is 72.5 Å². The van der Waals surface area contributed by atoms with Crippen LogP contribution in [0.4, 0.5) is 5.00 Å². The highest BCUT2D eigenvalue weighted by Gasteiger charge is 2.26. The fraction of sp³-hybridized carbons (Fsp3) is 0.350. The molecular weight excluding hydrogens is 350 g/mol. The molecule has 0 aliphatic carbocycles. The summed E-state index contributed by atoms with van der Waals surface area (Å²) in [6, 6.07) is 7.27. The van der Waals surface area contributed by atoms with E-state index in [1.54, 1.807) is 26.0 Å². The van der Waals surface area contributed by atoms with Crippen molar-refractivity contribution in [3.63, 3.8) is 0 Å². The van der Waals surface area contributed by atoms with Crippen molar-refractivity contribution < 1.29 is 19.1 Å². The van der Waals surface area contributed by atoms with E-state index in [9.17, 15) is 14.4 Å². The molecule has 0 aliphatic heterocycles. The Labute approximate surface area is 157 Å². The highest BCUT2D eigenvalue weighted by Crippen LogP contribution is 2.33. The van der Waals surface area contributed by atoms with Gasteiger partial charge in [-0.2, -0.15) is 0 Å². The molecule has 138 valence electrons. The standard InChI is InChI=1S/C20H23NO4S/c1-6-15-7-9-16(10-8-15)18(23)12(3)25-20(24)17-11(2)13(4)26-19(17)21-14(5)22/h7-10,12H,6H2,1-5H3,(H,21,22). The second kappa shape index (κ2) is 8.27. The van der Waals surface area contributed by atoms with Crippen LogP contribution >= 0.6 is 11.3 Å². The fourth-order valence-corrected chi connectivity index (χ4v) is 3.63. The van der Waals surface area contributed by atoms with E-state index in [2.05, 4.69) is 5.32 Å². The molecule has 5 nitrogen and oxygen atoms in total. The van der Waals surface area contributed by atoms with Crippen LogP contribution in [0, 0.1) is 13.8 Å².